The van der Waals surface area contributed by atoms with Crippen LogP contribution in [0.2, 0.25) is 0 Å². The van der Waals surface area contributed by atoms with E-state index in [4.69, 9.17) is 10.2 Å². The Kier molecular flexibility index (Phi) is 8.41. The maximum atomic E-state index is 13.7. The molecule has 0 saturated carbocycles. The predicted molar refractivity (Wildman–Crippen MR) is 109 cm³/mol. The Hall–Kier alpha value is -3.43. The van der Waals surface area contributed by atoms with Crippen molar-refractivity contribution >= 4 is 45.9 Å². The number of halogens is 9. The van der Waals surface area contributed by atoms with E-state index in [-0.39, 0.29) is 5.69 Å². The van der Waals surface area contributed by atoms with Gasteiger partial charge >= 0.3 is 11.9 Å². The van der Waals surface area contributed by atoms with Crippen molar-refractivity contribution in [2.24, 2.45) is 0 Å². The van der Waals surface area contributed by atoms with Crippen LogP contribution in [0.25, 0.3) is 0 Å². The number of hydrogen-bond donors (Lipinski definition) is 3. The molecule has 0 radical (unpaired) electrons. The second kappa shape index (κ2) is 10.7. The SMILES string of the molecule is O=C(O)c1c(F)c(F)c(F)c(F)c1F.O=C(O)c1ccc(F)c(F)c1Nc1ccc(I)cc1F. The first kappa shape index (κ1) is 26.8. The van der Waals surface area contributed by atoms with Crippen molar-refractivity contribution in [2.75, 3.05) is 5.32 Å². The van der Waals surface area contributed by atoms with Gasteiger partial charge in [-0.05, 0) is 52.9 Å². The maximum absolute atomic E-state index is 13.7. The lowest BCUT2D eigenvalue weighted by molar-refractivity contribution is 0.0676. The van der Waals surface area contributed by atoms with E-state index in [1.807, 2.05) is 22.6 Å². The molecule has 0 aliphatic heterocycles. The zero-order valence-electron chi connectivity index (χ0n) is 16.0. The summed E-state index contributed by atoms with van der Waals surface area (Å²) >= 11 is 1.89. The third-order valence-electron chi connectivity index (χ3n) is 3.94. The van der Waals surface area contributed by atoms with Crippen LogP contribution in [-0.4, -0.2) is 22.2 Å². The molecule has 5 nitrogen and oxygen atoms in total. The van der Waals surface area contributed by atoms with Crippen LogP contribution < -0.4 is 5.32 Å². The van der Waals surface area contributed by atoms with Gasteiger partial charge in [-0.3, -0.25) is 0 Å². The Morgan fingerprint density at radius 1 is 0.676 bits per heavy atom. The number of benzene rings is 3. The Morgan fingerprint density at radius 2 is 1.21 bits per heavy atom. The summed E-state index contributed by atoms with van der Waals surface area (Å²) in [5, 5.41) is 19.4. The summed E-state index contributed by atoms with van der Waals surface area (Å²) in [4.78, 5) is 21.1. The van der Waals surface area contributed by atoms with Crippen molar-refractivity contribution < 1.29 is 54.9 Å². The van der Waals surface area contributed by atoms with Gasteiger partial charge in [-0.1, -0.05) is 0 Å². The van der Waals surface area contributed by atoms with Crippen LogP contribution in [0.5, 0.6) is 0 Å². The number of carbonyl (C=O) groups is 2. The molecule has 3 aromatic carbocycles. The Morgan fingerprint density at radius 3 is 1.68 bits per heavy atom. The largest absolute Gasteiger partial charge is 0.478 e. The minimum absolute atomic E-state index is 0.141. The average molecular weight is 605 g/mol. The van der Waals surface area contributed by atoms with Gasteiger partial charge in [-0.2, -0.15) is 0 Å². The molecule has 0 fully saturated rings. The quantitative estimate of drug-likeness (QED) is 0.142. The molecule has 0 spiro atoms. The summed E-state index contributed by atoms with van der Waals surface area (Å²) in [5.41, 5.74) is -3.10. The number of rotatable bonds is 4. The fraction of sp³-hybridized carbons (Fsp3) is 0. The Balaban J connectivity index is 0.000000257. The van der Waals surface area contributed by atoms with Gasteiger partial charge in [0.25, 0.3) is 0 Å². The van der Waals surface area contributed by atoms with Crippen molar-refractivity contribution in [3.63, 3.8) is 0 Å². The molecular weight excluding hydrogens is 597 g/mol. The lowest BCUT2D eigenvalue weighted by Gasteiger charge is -2.12. The van der Waals surface area contributed by atoms with Crippen LogP contribution >= 0.6 is 22.6 Å². The molecule has 3 N–H and O–H groups in total. The molecule has 3 rings (SSSR count). The number of hydrogen-bond acceptors (Lipinski definition) is 3. The van der Waals surface area contributed by atoms with Gasteiger partial charge in [0.15, 0.2) is 34.9 Å². The van der Waals surface area contributed by atoms with E-state index >= 15 is 0 Å². The van der Waals surface area contributed by atoms with Crippen molar-refractivity contribution in [1.29, 1.82) is 0 Å². The second-order valence-electron chi connectivity index (χ2n) is 6.09. The van der Waals surface area contributed by atoms with Crippen molar-refractivity contribution in [2.45, 2.75) is 0 Å². The molecule has 14 heteroatoms. The number of aromatic carboxylic acids is 2. The molecule has 0 heterocycles. The lowest BCUT2D eigenvalue weighted by Crippen LogP contribution is -2.11. The van der Waals surface area contributed by atoms with Crippen molar-refractivity contribution in [3.05, 3.63) is 91.6 Å². The van der Waals surface area contributed by atoms with E-state index in [1.54, 1.807) is 6.07 Å². The number of anilines is 2. The lowest BCUT2D eigenvalue weighted by atomic mass is 10.1. The smallest absolute Gasteiger partial charge is 0.341 e. The topological polar surface area (TPSA) is 86.6 Å². The molecule has 0 saturated heterocycles. The fourth-order valence-electron chi connectivity index (χ4n) is 2.37. The molecular formula is C20H8F8INO4. The average Bonchev–Trinajstić information content (AvgIpc) is 2.76. The van der Waals surface area contributed by atoms with Crippen molar-refractivity contribution in [1.82, 2.24) is 0 Å². The second-order valence-corrected chi connectivity index (χ2v) is 7.33. The maximum Gasteiger partial charge on any atom is 0.341 e. The molecule has 0 bridgehead atoms. The standard InChI is InChI=1S/C13H7F3INO2.C7HF5O2/c14-8-3-2-7(13(19)20)12(11(8)16)18-10-4-1-6(17)5-9(10)15;8-2-1(7(13)14)3(9)5(11)6(12)4(2)10/h1-5,18H,(H,19,20);(H,13,14). The van der Waals surface area contributed by atoms with Gasteiger partial charge in [0, 0.05) is 3.57 Å². The minimum Gasteiger partial charge on any atom is -0.478 e. The zero-order chi connectivity index (χ0) is 25.9. The third-order valence-corrected chi connectivity index (χ3v) is 4.61. The normalized spacial score (nSPS) is 10.4. The summed E-state index contributed by atoms with van der Waals surface area (Å²) in [6.45, 7) is 0. The monoisotopic (exact) mass is 605 g/mol. The van der Waals surface area contributed by atoms with E-state index in [1.165, 1.54) is 12.1 Å². The summed E-state index contributed by atoms with van der Waals surface area (Å²) in [5.74, 6) is -18.6. The summed E-state index contributed by atoms with van der Waals surface area (Å²) < 4.78 is 103. The number of carboxylic acid groups (broad SMARTS) is 2. The van der Waals surface area contributed by atoms with E-state index < -0.39 is 75.3 Å². The van der Waals surface area contributed by atoms with Gasteiger partial charge in [0.05, 0.1) is 16.9 Å². The van der Waals surface area contributed by atoms with Crippen LogP contribution in [0.3, 0.4) is 0 Å². The van der Waals surface area contributed by atoms with Crippen LogP contribution in [0, 0.1) is 50.1 Å². The van der Waals surface area contributed by atoms with E-state index in [2.05, 4.69) is 5.32 Å². The van der Waals surface area contributed by atoms with Gasteiger partial charge in [-0.25, -0.2) is 44.7 Å². The molecule has 0 aliphatic carbocycles. The molecule has 0 unspecified atom stereocenters. The number of carboxylic acids is 2. The van der Waals surface area contributed by atoms with Crippen LogP contribution in [-0.2, 0) is 0 Å². The highest BCUT2D eigenvalue weighted by atomic mass is 127. The summed E-state index contributed by atoms with van der Waals surface area (Å²) in [6.07, 6.45) is 0. The van der Waals surface area contributed by atoms with Gasteiger partial charge in [0.2, 0.25) is 5.82 Å². The van der Waals surface area contributed by atoms with Crippen molar-refractivity contribution in [3.8, 4) is 0 Å². The minimum atomic E-state index is -2.38. The summed E-state index contributed by atoms with van der Waals surface area (Å²) in [6, 6.07) is 5.65. The molecule has 0 amide bonds. The van der Waals surface area contributed by atoms with Crippen LogP contribution in [0.15, 0.2) is 30.3 Å². The van der Waals surface area contributed by atoms with Crippen LogP contribution in [0.4, 0.5) is 46.5 Å². The van der Waals surface area contributed by atoms with Gasteiger partial charge in [0.1, 0.15) is 11.4 Å². The van der Waals surface area contributed by atoms with E-state index in [9.17, 15) is 44.7 Å². The fourth-order valence-corrected chi connectivity index (χ4v) is 2.82. The van der Waals surface area contributed by atoms with E-state index in [0.29, 0.717) is 9.64 Å². The Labute approximate surface area is 197 Å². The van der Waals surface area contributed by atoms with Gasteiger partial charge in [-0.15, -0.1) is 0 Å². The van der Waals surface area contributed by atoms with Gasteiger partial charge < -0.3 is 15.5 Å². The first-order chi connectivity index (χ1) is 15.8. The molecule has 0 aromatic heterocycles. The first-order valence-electron chi connectivity index (χ1n) is 8.46. The first-order valence-corrected chi connectivity index (χ1v) is 9.53. The zero-order valence-corrected chi connectivity index (χ0v) is 18.2. The Bertz CT molecular complexity index is 1270. The highest BCUT2D eigenvalue weighted by Crippen LogP contribution is 2.28. The predicted octanol–water partition coefficient (Wildman–Crippen LogP) is 6.23. The molecule has 34 heavy (non-hydrogen) atoms. The highest BCUT2D eigenvalue weighted by molar-refractivity contribution is 14.1. The van der Waals surface area contributed by atoms with Crippen LogP contribution in [0.1, 0.15) is 20.7 Å². The third kappa shape index (κ3) is 5.55. The number of nitrogens with one attached hydrogen (secondary N) is 1. The highest BCUT2D eigenvalue weighted by Gasteiger charge is 2.29. The summed E-state index contributed by atoms with van der Waals surface area (Å²) in [7, 11) is 0. The molecule has 180 valence electrons. The molecule has 0 aliphatic rings. The molecule has 0 atom stereocenters. The van der Waals surface area contributed by atoms with E-state index in [0.717, 1.165) is 6.07 Å². The molecule has 3 aromatic rings.